The van der Waals surface area contributed by atoms with Gasteiger partial charge in [0.05, 0.1) is 5.69 Å². The summed E-state index contributed by atoms with van der Waals surface area (Å²) in [5.74, 6) is -2.62. The molecule has 1 rings (SSSR count). The van der Waals surface area contributed by atoms with Crippen LogP contribution in [0.25, 0.3) is 0 Å². The van der Waals surface area contributed by atoms with Crippen LogP contribution >= 0.6 is 0 Å². The molecule has 0 bridgehead atoms. The normalized spacial score (nSPS) is 10.8. The highest BCUT2D eigenvalue weighted by Gasteiger charge is 2.22. The Balaban J connectivity index is 2.95. The summed E-state index contributed by atoms with van der Waals surface area (Å²) in [6.07, 6.45) is 0.264. The Bertz CT molecular complexity index is 629. The van der Waals surface area contributed by atoms with E-state index >= 15 is 0 Å². The molecule has 24 heavy (non-hydrogen) atoms. The molecule has 0 aliphatic carbocycles. The molecule has 0 unspecified atom stereocenters. The molecule has 1 aromatic rings. The van der Waals surface area contributed by atoms with Crippen LogP contribution in [0.2, 0.25) is 0 Å². The van der Waals surface area contributed by atoms with Gasteiger partial charge in [-0.1, -0.05) is 13.8 Å². The fourth-order valence-corrected chi connectivity index (χ4v) is 2.12. The van der Waals surface area contributed by atoms with Crippen LogP contribution in [0.3, 0.4) is 0 Å². The standard InChI is InChI=1S/C17H23FN2O4/c1-10(2)7-15(21)19-14-6-5-12(8-13(14)18)17(24)20(11(3)4)9-16(22)23/h5-6,8,10-11H,7,9H2,1-4H3,(H,19,21)(H,22,23). The van der Waals surface area contributed by atoms with Gasteiger partial charge in [-0.05, 0) is 38.0 Å². The molecule has 0 aliphatic heterocycles. The van der Waals surface area contributed by atoms with Crippen molar-refractivity contribution in [3.8, 4) is 0 Å². The van der Waals surface area contributed by atoms with Crippen molar-refractivity contribution in [2.75, 3.05) is 11.9 Å². The van der Waals surface area contributed by atoms with E-state index in [4.69, 9.17) is 5.11 Å². The summed E-state index contributed by atoms with van der Waals surface area (Å²) in [7, 11) is 0. The third-order valence-corrected chi connectivity index (χ3v) is 3.27. The van der Waals surface area contributed by atoms with Crippen molar-refractivity contribution in [3.05, 3.63) is 29.6 Å². The molecule has 0 aliphatic rings. The molecule has 0 fully saturated rings. The van der Waals surface area contributed by atoms with Gasteiger partial charge in [-0.2, -0.15) is 0 Å². The summed E-state index contributed by atoms with van der Waals surface area (Å²) in [6.45, 7) is 6.64. The Kier molecular flexibility index (Phi) is 6.88. The zero-order valence-electron chi connectivity index (χ0n) is 14.3. The van der Waals surface area contributed by atoms with E-state index in [0.717, 1.165) is 11.0 Å². The number of benzene rings is 1. The molecule has 0 saturated carbocycles. The fraction of sp³-hybridized carbons (Fsp3) is 0.471. The number of halogens is 1. The van der Waals surface area contributed by atoms with E-state index in [9.17, 15) is 18.8 Å². The van der Waals surface area contributed by atoms with Gasteiger partial charge in [0, 0.05) is 18.0 Å². The van der Waals surface area contributed by atoms with Gasteiger partial charge in [-0.3, -0.25) is 14.4 Å². The lowest BCUT2D eigenvalue weighted by atomic mass is 10.1. The monoisotopic (exact) mass is 338 g/mol. The van der Waals surface area contributed by atoms with E-state index < -0.39 is 24.2 Å². The number of nitrogens with zero attached hydrogens (tertiary/aromatic N) is 1. The Hall–Kier alpha value is -2.44. The number of carboxylic acids is 1. The minimum Gasteiger partial charge on any atom is -0.480 e. The second kappa shape index (κ2) is 8.42. The quantitative estimate of drug-likeness (QED) is 0.800. The number of hydrogen-bond acceptors (Lipinski definition) is 3. The first-order chi connectivity index (χ1) is 11.1. The Morgan fingerprint density at radius 3 is 2.29 bits per heavy atom. The minimum absolute atomic E-state index is 0.00784. The predicted molar refractivity (Wildman–Crippen MR) is 88.3 cm³/mol. The van der Waals surface area contributed by atoms with Crippen molar-refractivity contribution in [3.63, 3.8) is 0 Å². The van der Waals surface area contributed by atoms with Gasteiger partial charge in [0.15, 0.2) is 0 Å². The van der Waals surface area contributed by atoms with Crippen LogP contribution in [0.15, 0.2) is 18.2 Å². The molecule has 7 heteroatoms. The molecule has 0 heterocycles. The van der Waals surface area contributed by atoms with Crippen LogP contribution < -0.4 is 5.32 Å². The summed E-state index contributed by atoms with van der Waals surface area (Å²) < 4.78 is 14.1. The van der Waals surface area contributed by atoms with Crippen LogP contribution in [0, 0.1) is 11.7 Å². The van der Waals surface area contributed by atoms with E-state index in [1.807, 2.05) is 13.8 Å². The summed E-state index contributed by atoms with van der Waals surface area (Å²) in [4.78, 5) is 36.1. The van der Waals surface area contributed by atoms with Crippen molar-refractivity contribution < 1.29 is 23.9 Å². The van der Waals surface area contributed by atoms with Gasteiger partial charge < -0.3 is 15.3 Å². The van der Waals surface area contributed by atoms with Crippen LogP contribution in [-0.2, 0) is 9.59 Å². The first kappa shape index (κ1) is 19.6. The first-order valence-electron chi connectivity index (χ1n) is 7.74. The smallest absolute Gasteiger partial charge is 0.323 e. The lowest BCUT2D eigenvalue weighted by Crippen LogP contribution is -2.40. The number of rotatable bonds is 7. The van der Waals surface area contributed by atoms with Crippen molar-refractivity contribution >= 4 is 23.5 Å². The molecule has 2 N–H and O–H groups in total. The maximum absolute atomic E-state index is 14.1. The third-order valence-electron chi connectivity index (χ3n) is 3.27. The number of anilines is 1. The number of carbonyl (C=O) groups excluding carboxylic acids is 2. The summed E-state index contributed by atoms with van der Waals surface area (Å²) in [5.41, 5.74) is 0.0239. The van der Waals surface area contributed by atoms with Gasteiger partial charge in [0.2, 0.25) is 5.91 Å². The number of carbonyl (C=O) groups is 3. The van der Waals surface area contributed by atoms with Crippen LogP contribution in [-0.4, -0.2) is 40.4 Å². The highest BCUT2D eigenvalue weighted by atomic mass is 19.1. The average molecular weight is 338 g/mol. The van der Waals surface area contributed by atoms with Crippen molar-refractivity contribution in [2.24, 2.45) is 5.92 Å². The maximum Gasteiger partial charge on any atom is 0.323 e. The van der Waals surface area contributed by atoms with Gasteiger partial charge >= 0.3 is 5.97 Å². The largest absolute Gasteiger partial charge is 0.480 e. The molecule has 0 radical (unpaired) electrons. The highest BCUT2D eigenvalue weighted by Crippen LogP contribution is 2.18. The van der Waals surface area contributed by atoms with E-state index in [1.54, 1.807) is 13.8 Å². The van der Waals surface area contributed by atoms with Crippen molar-refractivity contribution in [1.82, 2.24) is 4.90 Å². The molecule has 0 aromatic heterocycles. The number of nitrogens with one attached hydrogen (secondary N) is 1. The molecule has 132 valence electrons. The van der Waals surface area contributed by atoms with Gasteiger partial charge in [-0.15, -0.1) is 0 Å². The molecule has 2 amide bonds. The second-order valence-electron chi connectivity index (χ2n) is 6.26. The van der Waals surface area contributed by atoms with Gasteiger partial charge in [0.25, 0.3) is 5.91 Å². The summed E-state index contributed by atoms with van der Waals surface area (Å²) in [6, 6.07) is 3.33. The van der Waals surface area contributed by atoms with Crippen LogP contribution in [0.4, 0.5) is 10.1 Å². The molecule has 6 nitrogen and oxygen atoms in total. The summed E-state index contributed by atoms with van der Waals surface area (Å²) >= 11 is 0. The van der Waals surface area contributed by atoms with Crippen molar-refractivity contribution in [2.45, 2.75) is 40.2 Å². The molecule has 0 atom stereocenters. The first-order valence-corrected chi connectivity index (χ1v) is 7.74. The second-order valence-corrected chi connectivity index (χ2v) is 6.26. The SMILES string of the molecule is CC(C)CC(=O)Nc1ccc(C(=O)N(CC(=O)O)C(C)C)cc1F. The summed E-state index contributed by atoms with van der Waals surface area (Å²) in [5, 5.41) is 11.3. The Morgan fingerprint density at radius 1 is 1.21 bits per heavy atom. The number of hydrogen-bond donors (Lipinski definition) is 2. The molecule has 0 spiro atoms. The topological polar surface area (TPSA) is 86.7 Å². The number of amides is 2. The minimum atomic E-state index is -1.14. The van der Waals surface area contributed by atoms with Gasteiger partial charge in [-0.25, -0.2) is 4.39 Å². The Morgan fingerprint density at radius 2 is 1.83 bits per heavy atom. The highest BCUT2D eigenvalue weighted by molar-refractivity contribution is 5.97. The maximum atomic E-state index is 14.1. The average Bonchev–Trinajstić information content (AvgIpc) is 2.44. The predicted octanol–water partition coefficient (Wildman–Crippen LogP) is 2.75. The number of aliphatic carboxylic acids is 1. The third kappa shape index (κ3) is 5.64. The van der Waals surface area contributed by atoms with Crippen molar-refractivity contribution in [1.29, 1.82) is 0 Å². The lowest BCUT2D eigenvalue weighted by Gasteiger charge is -2.25. The van der Waals surface area contributed by atoms with E-state index in [-0.39, 0.29) is 35.5 Å². The molecular formula is C17H23FN2O4. The van der Waals surface area contributed by atoms with Crippen LogP contribution in [0.1, 0.15) is 44.5 Å². The molecular weight excluding hydrogens is 315 g/mol. The molecule has 0 saturated heterocycles. The van der Waals surface area contributed by atoms with Crippen LogP contribution in [0.5, 0.6) is 0 Å². The number of carboxylic acid groups (broad SMARTS) is 1. The van der Waals surface area contributed by atoms with E-state index in [1.165, 1.54) is 12.1 Å². The zero-order chi connectivity index (χ0) is 18.4. The molecule has 1 aromatic carbocycles. The van der Waals surface area contributed by atoms with E-state index in [2.05, 4.69) is 5.32 Å². The lowest BCUT2D eigenvalue weighted by molar-refractivity contribution is -0.138. The van der Waals surface area contributed by atoms with Gasteiger partial charge in [0.1, 0.15) is 12.4 Å². The fourth-order valence-electron chi connectivity index (χ4n) is 2.12. The van der Waals surface area contributed by atoms with E-state index in [0.29, 0.717) is 0 Å². The zero-order valence-corrected chi connectivity index (χ0v) is 14.3. The Labute approximate surface area is 140 Å².